The molecule has 1 unspecified atom stereocenters. The second kappa shape index (κ2) is 6.70. The van der Waals surface area contributed by atoms with Crippen LogP contribution < -0.4 is 0 Å². The number of hydrogen-bond acceptors (Lipinski definition) is 4. The molecule has 1 aromatic carbocycles. The van der Waals surface area contributed by atoms with E-state index in [0.29, 0.717) is 31.5 Å². The van der Waals surface area contributed by atoms with E-state index in [9.17, 15) is 17.2 Å². The standard InChI is InChI=1S/C17H20F2N4O2S/c18-12-8-13(19)10-16(9-12)26(24,25)23-7-1-2-15(23)5-6-17-21-20-11-22(17)14-3-4-14/h8-11,14-15H,1-7H2. The molecule has 9 heteroatoms. The molecule has 2 aliphatic rings. The smallest absolute Gasteiger partial charge is 0.243 e. The summed E-state index contributed by atoms with van der Waals surface area (Å²) >= 11 is 0. The van der Waals surface area contributed by atoms with Gasteiger partial charge in [-0.15, -0.1) is 10.2 Å². The van der Waals surface area contributed by atoms with Crippen molar-refractivity contribution >= 4 is 10.0 Å². The lowest BCUT2D eigenvalue weighted by Gasteiger charge is -2.24. The minimum absolute atomic E-state index is 0.198. The summed E-state index contributed by atoms with van der Waals surface area (Å²) in [5.41, 5.74) is 0. The van der Waals surface area contributed by atoms with Gasteiger partial charge >= 0.3 is 0 Å². The van der Waals surface area contributed by atoms with Gasteiger partial charge in [0.1, 0.15) is 23.8 Å². The molecule has 1 aromatic heterocycles. The number of sulfonamides is 1. The SMILES string of the molecule is O=S(=O)(c1cc(F)cc(F)c1)N1CCCC1CCc1nncn1C1CC1. The minimum atomic E-state index is -3.93. The summed E-state index contributed by atoms with van der Waals surface area (Å²) in [5, 5.41) is 8.11. The first kappa shape index (κ1) is 17.5. The van der Waals surface area contributed by atoms with Crippen molar-refractivity contribution in [3.8, 4) is 0 Å². The Labute approximate surface area is 150 Å². The van der Waals surface area contributed by atoms with Crippen LogP contribution in [0.15, 0.2) is 29.4 Å². The van der Waals surface area contributed by atoms with Crippen LogP contribution in [0.3, 0.4) is 0 Å². The highest BCUT2D eigenvalue weighted by molar-refractivity contribution is 7.89. The molecule has 0 amide bonds. The van der Waals surface area contributed by atoms with Gasteiger partial charge in [0, 0.05) is 31.1 Å². The highest BCUT2D eigenvalue weighted by atomic mass is 32.2. The summed E-state index contributed by atoms with van der Waals surface area (Å²) in [6.45, 7) is 0.362. The maximum absolute atomic E-state index is 13.5. The Bertz CT molecular complexity index is 891. The van der Waals surface area contributed by atoms with Crippen LogP contribution >= 0.6 is 0 Å². The molecular weight excluding hydrogens is 362 g/mol. The van der Waals surface area contributed by atoms with E-state index in [1.54, 1.807) is 6.33 Å². The molecule has 2 aromatic rings. The van der Waals surface area contributed by atoms with E-state index in [-0.39, 0.29) is 10.9 Å². The van der Waals surface area contributed by atoms with Crippen molar-refractivity contribution in [2.45, 2.75) is 55.5 Å². The fourth-order valence-electron chi connectivity index (χ4n) is 3.63. The quantitative estimate of drug-likeness (QED) is 0.770. The predicted molar refractivity (Wildman–Crippen MR) is 89.9 cm³/mol. The van der Waals surface area contributed by atoms with Gasteiger partial charge in [-0.1, -0.05) is 0 Å². The molecule has 1 aliphatic heterocycles. The van der Waals surface area contributed by atoms with E-state index in [2.05, 4.69) is 14.8 Å². The number of aryl methyl sites for hydroxylation is 1. The molecule has 0 radical (unpaired) electrons. The Morgan fingerprint density at radius 1 is 1.12 bits per heavy atom. The van der Waals surface area contributed by atoms with Crippen molar-refractivity contribution in [3.05, 3.63) is 42.0 Å². The average molecular weight is 382 g/mol. The third kappa shape index (κ3) is 3.37. The molecule has 1 atom stereocenters. The van der Waals surface area contributed by atoms with E-state index in [4.69, 9.17) is 0 Å². The van der Waals surface area contributed by atoms with Crippen LogP contribution in [-0.4, -0.2) is 40.1 Å². The van der Waals surface area contributed by atoms with Crippen LogP contribution in [0.1, 0.15) is 44.0 Å². The zero-order valence-electron chi connectivity index (χ0n) is 14.2. The summed E-state index contributed by atoms with van der Waals surface area (Å²) in [6.07, 6.45) is 6.69. The van der Waals surface area contributed by atoms with Crippen LogP contribution in [0.25, 0.3) is 0 Å². The molecule has 1 saturated heterocycles. The third-order valence-electron chi connectivity index (χ3n) is 5.05. The third-order valence-corrected chi connectivity index (χ3v) is 6.98. The molecule has 6 nitrogen and oxygen atoms in total. The molecule has 26 heavy (non-hydrogen) atoms. The molecule has 1 aliphatic carbocycles. The lowest BCUT2D eigenvalue weighted by atomic mass is 10.1. The van der Waals surface area contributed by atoms with E-state index in [0.717, 1.165) is 43.6 Å². The number of aromatic nitrogens is 3. The van der Waals surface area contributed by atoms with Gasteiger partial charge in [-0.05, 0) is 44.2 Å². The Balaban J connectivity index is 1.51. The first-order valence-electron chi connectivity index (χ1n) is 8.81. The van der Waals surface area contributed by atoms with Crippen LogP contribution in [0.5, 0.6) is 0 Å². The number of benzene rings is 1. The van der Waals surface area contributed by atoms with Gasteiger partial charge in [-0.2, -0.15) is 4.31 Å². The van der Waals surface area contributed by atoms with Gasteiger partial charge in [-0.3, -0.25) is 0 Å². The van der Waals surface area contributed by atoms with Gasteiger partial charge in [0.05, 0.1) is 4.90 Å². The average Bonchev–Trinajstić information content (AvgIpc) is 3.13. The van der Waals surface area contributed by atoms with Gasteiger partial charge in [0.15, 0.2) is 0 Å². The summed E-state index contributed by atoms with van der Waals surface area (Å²) in [4.78, 5) is -0.331. The Morgan fingerprint density at radius 3 is 2.54 bits per heavy atom. The molecule has 2 fully saturated rings. The topological polar surface area (TPSA) is 68.1 Å². The summed E-state index contributed by atoms with van der Waals surface area (Å²) in [7, 11) is -3.93. The fraction of sp³-hybridized carbons (Fsp3) is 0.529. The zero-order chi connectivity index (χ0) is 18.3. The Morgan fingerprint density at radius 2 is 1.85 bits per heavy atom. The molecule has 140 valence electrons. The second-order valence-corrected chi connectivity index (χ2v) is 8.83. The van der Waals surface area contributed by atoms with Gasteiger partial charge in [0.25, 0.3) is 0 Å². The zero-order valence-corrected chi connectivity index (χ0v) is 15.0. The lowest BCUT2D eigenvalue weighted by molar-refractivity contribution is 0.366. The van der Waals surface area contributed by atoms with Crippen LogP contribution in [0.4, 0.5) is 8.78 Å². The molecule has 0 spiro atoms. The number of nitrogens with zero attached hydrogens (tertiary/aromatic N) is 4. The Hall–Kier alpha value is -1.87. The van der Waals surface area contributed by atoms with E-state index in [1.807, 2.05) is 0 Å². The second-order valence-electron chi connectivity index (χ2n) is 6.94. The number of halogens is 2. The van der Waals surface area contributed by atoms with Crippen LogP contribution in [0.2, 0.25) is 0 Å². The maximum atomic E-state index is 13.5. The molecule has 0 bridgehead atoms. The summed E-state index contributed by atoms with van der Waals surface area (Å²) in [6, 6.07) is 2.69. The summed E-state index contributed by atoms with van der Waals surface area (Å²) in [5.74, 6) is -0.915. The maximum Gasteiger partial charge on any atom is 0.243 e. The number of rotatable bonds is 6. The molecular formula is C17H20F2N4O2S. The van der Waals surface area contributed by atoms with Crippen LogP contribution in [0, 0.1) is 11.6 Å². The first-order valence-corrected chi connectivity index (χ1v) is 10.3. The molecule has 4 rings (SSSR count). The van der Waals surface area contributed by atoms with Crippen molar-refractivity contribution in [3.63, 3.8) is 0 Å². The van der Waals surface area contributed by atoms with Crippen molar-refractivity contribution in [1.82, 2.24) is 19.1 Å². The van der Waals surface area contributed by atoms with Gasteiger partial charge < -0.3 is 4.57 Å². The predicted octanol–water partition coefficient (Wildman–Crippen LogP) is 2.68. The van der Waals surface area contributed by atoms with Crippen LogP contribution in [-0.2, 0) is 16.4 Å². The van der Waals surface area contributed by atoms with Crippen molar-refractivity contribution in [2.75, 3.05) is 6.54 Å². The molecule has 0 N–H and O–H groups in total. The number of hydrogen-bond donors (Lipinski definition) is 0. The monoisotopic (exact) mass is 382 g/mol. The van der Waals surface area contributed by atoms with E-state index < -0.39 is 21.7 Å². The lowest BCUT2D eigenvalue weighted by Crippen LogP contribution is -2.36. The van der Waals surface area contributed by atoms with Crippen molar-refractivity contribution < 1.29 is 17.2 Å². The molecule has 1 saturated carbocycles. The van der Waals surface area contributed by atoms with Crippen molar-refractivity contribution in [1.29, 1.82) is 0 Å². The first-order chi connectivity index (χ1) is 12.4. The van der Waals surface area contributed by atoms with E-state index in [1.165, 1.54) is 4.31 Å². The van der Waals surface area contributed by atoms with E-state index >= 15 is 0 Å². The highest BCUT2D eigenvalue weighted by Gasteiger charge is 2.36. The van der Waals surface area contributed by atoms with Gasteiger partial charge in [-0.25, -0.2) is 17.2 Å². The fourth-order valence-corrected chi connectivity index (χ4v) is 5.39. The minimum Gasteiger partial charge on any atom is -0.314 e. The Kier molecular flexibility index (Phi) is 4.52. The van der Waals surface area contributed by atoms with Crippen molar-refractivity contribution in [2.24, 2.45) is 0 Å². The van der Waals surface area contributed by atoms with Gasteiger partial charge in [0.2, 0.25) is 10.0 Å². The molecule has 2 heterocycles. The normalized spacial score (nSPS) is 21.4. The largest absolute Gasteiger partial charge is 0.314 e. The highest BCUT2D eigenvalue weighted by Crippen LogP contribution is 2.36. The summed E-state index contributed by atoms with van der Waals surface area (Å²) < 4.78 is 56.1.